The standard InChI is InChI=1S/C25H28FN3O2/c1-28-14-10-20-16-18(7-9-23(20)28)19-6-8-21(22(26)17-19)24(31)29(2)25(11-3-4-12-25)27-13-5-15-30/h6-10,14-17,27H,3-5,11-13H2,1-2H3. The molecule has 1 saturated carbocycles. The van der Waals surface area contributed by atoms with Gasteiger partial charge in [-0.15, -0.1) is 0 Å². The Bertz CT molecular complexity index is 1120. The predicted octanol–water partition coefficient (Wildman–Crippen LogP) is 4.51. The maximum atomic E-state index is 15.1. The Kier molecular flexibility index (Phi) is 5.92. The lowest BCUT2D eigenvalue weighted by Gasteiger charge is -2.40. The van der Waals surface area contributed by atoms with Crippen LogP contribution >= 0.6 is 0 Å². The van der Waals surface area contributed by atoms with E-state index in [1.165, 1.54) is 6.07 Å². The van der Waals surface area contributed by atoms with Gasteiger partial charge < -0.3 is 14.3 Å². The van der Waals surface area contributed by atoms with Crippen LogP contribution in [0.25, 0.3) is 22.0 Å². The molecule has 1 heterocycles. The van der Waals surface area contributed by atoms with Crippen LogP contribution in [-0.2, 0) is 11.8 Å². The van der Waals surface area contributed by atoms with Gasteiger partial charge in [0.1, 0.15) is 12.1 Å². The summed E-state index contributed by atoms with van der Waals surface area (Å²) in [5.41, 5.74) is 2.30. The summed E-state index contributed by atoms with van der Waals surface area (Å²) in [4.78, 5) is 25.5. The van der Waals surface area contributed by atoms with E-state index in [4.69, 9.17) is 0 Å². The van der Waals surface area contributed by atoms with Crippen LogP contribution in [0.15, 0.2) is 48.7 Å². The Morgan fingerprint density at radius 2 is 1.87 bits per heavy atom. The van der Waals surface area contributed by atoms with Crippen molar-refractivity contribution in [1.29, 1.82) is 0 Å². The van der Waals surface area contributed by atoms with Crippen LogP contribution in [0.5, 0.6) is 0 Å². The first-order chi connectivity index (χ1) is 14.9. The molecule has 3 aromatic rings. The van der Waals surface area contributed by atoms with Gasteiger partial charge in [0, 0.05) is 44.2 Å². The summed E-state index contributed by atoms with van der Waals surface area (Å²) in [5.74, 6) is -0.869. The summed E-state index contributed by atoms with van der Waals surface area (Å²) in [7, 11) is 3.71. The fourth-order valence-electron chi connectivity index (χ4n) is 4.66. The first kappa shape index (κ1) is 21.2. The number of benzene rings is 2. The van der Waals surface area contributed by atoms with Gasteiger partial charge >= 0.3 is 0 Å². The largest absolute Gasteiger partial charge is 0.351 e. The third kappa shape index (κ3) is 4.00. The van der Waals surface area contributed by atoms with E-state index in [1.807, 2.05) is 42.1 Å². The molecular formula is C25H28FN3O2. The van der Waals surface area contributed by atoms with Crippen LogP contribution in [-0.4, -0.2) is 40.9 Å². The molecule has 5 nitrogen and oxygen atoms in total. The van der Waals surface area contributed by atoms with Crippen molar-refractivity contribution >= 4 is 23.1 Å². The second-order valence-corrected chi connectivity index (χ2v) is 8.38. The average Bonchev–Trinajstić information content (AvgIpc) is 3.40. The average molecular weight is 422 g/mol. The third-order valence-electron chi connectivity index (χ3n) is 6.51. The molecule has 31 heavy (non-hydrogen) atoms. The summed E-state index contributed by atoms with van der Waals surface area (Å²) in [6.07, 6.45) is 6.83. The summed E-state index contributed by atoms with van der Waals surface area (Å²) in [5, 5.41) is 4.46. The molecule has 0 bridgehead atoms. The molecule has 0 atom stereocenters. The SMILES string of the molecule is CN(C(=O)c1ccc(-c2ccc3c(ccn3C)c2)cc1F)C1(NCCC=O)CCCC1. The van der Waals surface area contributed by atoms with Gasteiger partial charge in [-0.3, -0.25) is 10.1 Å². The van der Waals surface area contributed by atoms with Crippen molar-refractivity contribution in [3.05, 3.63) is 60.0 Å². The Labute approximate surface area is 181 Å². The monoisotopic (exact) mass is 421 g/mol. The minimum Gasteiger partial charge on any atom is -0.351 e. The van der Waals surface area contributed by atoms with Crippen LogP contribution in [0, 0.1) is 5.82 Å². The molecule has 6 heteroatoms. The summed E-state index contributed by atoms with van der Waals surface area (Å²) in [6, 6.07) is 12.9. The van der Waals surface area contributed by atoms with Crippen molar-refractivity contribution in [3.63, 3.8) is 0 Å². The fourth-order valence-corrected chi connectivity index (χ4v) is 4.66. The maximum absolute atomic E-state index is 15.1. The van der Waals surface area contributed by atoms with Crippen LogP contribution in [0.3, 0.4) is 0 Å². The first-order valence-corrected chi connectivity index (χ1v) is 10.8. The van der Waals surface area contributed by atoms with E-state index in [2.05, 4.69) is 5.32 Å². The van der Waals surface area contributed by atoms with Gasteiger partial charge in [0.05, 0.1) is 11.2 Å². The van der Waals surface area contributed by atoms with E-state index in [1.54, 1.807) is 24.1 Å². The zero-order valence-corrected chi connectivity index (χ0v) is 18.0. The molecule has 0 unspecified atom stereocenters. The minimum atomic E-state index is -0.524. The second kappa shape index (κ2) is 8.63. The molecule has 1 aliphatic rings. The Balaban J connectivity index is 1.59. The highest BCUT2D eigenvalue weighted by Gasteiger charge is 2.40. The van der Waals surface area contributed by atoms with Gasteiger partial charge in [0.2, 0.25) is 0 Å². The highest BCUT2D eigenvalue weighted by Crippen LogP contribution is 2.34. The van der Waals surface area contributed by atoms with Crippen molar-refractivity contribution in [3.8, 4) is 11.1 Å². The van der Waals surface area contributed by atoms with E-state index >= 15 is 4.39 Å². The summed E-state index contributed by atoms with van der Waals surface area (Å²) >= 11 is 0. The van der Waals surface area contributed by atoms with Gasteiger partial charge in [-0.25, -0.2) is 4.39 Å². The van der Waals surface area contributed by atoms with Crippen molar-refractivity contribution < 1.29 is 14.0 Å². The lowest BCUT2D eigenvalue weighted by molar-refractivity contribution is -0.107. The number of nitrogens with one attached hydrogen (secondary N) is 1. The molecule has 1 aliphatic carbocycles. The van der Waals surface area contributed by atoms with Crippen LogP contribution in [0.2, 0.25) is 0 Å². The predicted molar refractivity (Wildman–Crippen MR) is 120 cm³/mol. The smallest absolute Gasteiger partial charge is 0.258 e. The first-order valence-electron chi connectivity index (χ1n) is 10.8. The number of nitrogens with zero attached hydrogens (tertiary/aromatic N) is 2. The number of aryl methyl sites for hydroxylation is 1. The zero-order chi connectivity index (χ0) is 22.0. The van der Waals surface area contributed by atoms with E-state index in [0.717, 1.165) is 54.0 Å². The Hall–Kier alpha value is -2.99. The number of hydrogen-bond acceptors (Lipinski definition) is 3. The molecule has 1 N–H and O–H groups in total. The van der Waals surface area contributed by atoms with Crippen molar-refractivity contribution in [2.24, 2.45) is 7.05 Å². The van der Waals surface area contributed by atoms with Crippen molar-refractivity contribution in [1.82, 2.24) is 14.8 Å². The molecular weight excluding hydrogens is 393 g/mol. The van der Waals surface area contributed by atoms with Gasteiger partial charge in [-0.05, 0) is 67.1 Å². The number of hydrogen-bond donors (Lipinski definition) is 1. The Morgan fingerprint density at radius 1 is 1.16 bits per heavy atom. The van der Waals surface area contributed by atoms with Crippen LogP contribution < -0.4 is 5.32 Å². The molecule has 4 rings (SSSR count). The molecule has 1 aromatic heterocycles. The molecule has 162 valence electrons. The highest BCUT2D eigenvalue weighted by molar-refractivity contribution is 5.95. The maximum Gasteiger partial charge on any atom is 0.258 e. The van der Waals surface area contributed by atoms with Gasteiger partial charge in [0.25, 0.3) is 5.91 Å². The molecule has 0 radical (unpaired) electrons. The quantitative estimate of drug-likeness (QED) is 0.347. The zero-order valence-electron chi connectivity index (χ0n) is 18.0. The Morgan fingerprint density at radius 3 is 2.58 bits per heavy atom. The third-order valence-corrected chi connectivity index (χ3v) is 6.51. The summed E-state index contributed by atoms with van der Waals surface area (Å²) < 4.78 is 17.1. The van der Waals surface area contributed by atoms with Crippen LogP contribution in [0.4, 0.5) is 4.39 Å². The van der Waals surface area contributed by atoms with Crippen molar-refractivity contribution in [2.75, 3.05) is 13.6 Å². The highest BCUT2D eigenvalue weighted by atomic mass is 19.1. The number of aromatic nitrogens is 1. The number of rotatable bonds is 7. The number of carbonyl (C=O) groups is 2. The van der Waals surface area contributed by atoms with E-state index in [0.29, 0.717) is 13.0 Å². The molecule has 2 aromatic carbocycles. The van der Waals surface area contributed by atoms with Gasteiger partial charge in [-0.2, -0.15) is 0 Å². The van der Waals surface area contributed by atoms with Crippen molar-refractivity contribution in [2.45, 2.75) is 37.8 Å². The fraction of sp³-hybridized carbons (Fsp3) is 0.360. The molecule has 1 fully saturated rings. The lowest BCUT2D eigenvalue weighted by Crippen LogP contribution is -2.58. The minimum absolute atomic E-state index is 0.0653. The van der Waals surface area contributed by atoms with E-state index in [-0.39, 0.29) is 11.5 Å². The molecule has 0 saturated heterocycles. The topological polar surface area (TPSA) is 54.3 Å². The van der Waals surface area contributed by atoms with Gasteiger partial charge in [-0.1, -0.05) is 12.1 Å². The number of carbonyl (C=O) groups excluding carboxylic acids is 2. The molecule has 0 aliphatic heterocycles. The number of amides is 1. The van der Waals surface area contributed by atoms with Gasteiger partial charge in [0.15, 0.2) is 0 Å². The van der Waals surface area contributed by atoms with Crippen LogP contribution in [0.1, 0.15) is 42.5 Å². The normalized spacial score (nSPS) is 15.3. The van der Waals surface area contributed by atoms with E-state index < -0.39 is 11.5 Å². The number of fused-ring (bicyclic) bond motifs is 1. The lowest BCUT2D eigenvalue weighted by atomic mass is 10.0. The molecule has 1 amide bonds. The number of halogens is 1. The number of aldehydes is 1. The second-order valence-electron chi connectivity index (χ2n) is 8.38. The van der Waals surface area contributed by atoms with E-state index in [9.17, 15) is 9.59 Å². The summed E-state index contributed by atoms with van der Waals surface area (Å²) in [6.45, 7) is 0.504. The molecule has 0 spiro atoms.